The van der Waals surface area contributed by atoms with Crippen molar-refractivity contribution in [3.63, 3.8) is 0 Å². The maximum Gasteiger partial charge on any atom is 0.240 e. The molecule has 0 aliphatic carbocycles. The molecule has 148 valence electrons. The molecule has 2 rings (SSSR count). The van der Waals surface area contributed by atoms with Gasteiger partial charge in [0.2, 0.25) is 20.0 Å². The maximum absolute atomic E-state index is 12.6. The molecule has 1 atom stereocenters. The molecule has 1 fully saturated rings. The molecule has 1 heterocycles. The molecule has 1 aliphatic rings. The summed E-state index contributed by atoms with van der Waals surface area (Å²) in [6.07, 6.45) is 0.847. The number of hydrogen-bond donors (Lipinski definition) is 2. The fraction of sp³-hybridized carbons (Fsp3) is 0.625. The second kappa shape index (κ2) is 8.77. The molecular formula is C16H27N3O5S2. The molecule has 1 aliphatic heterocycles. The predicted molar refractivity (Wildman–Crippen MR) is 98.6 cm³/mol. The summed E-state index contributed by atoms with van der Waals surface area (Å²) in [6.45, 7) is 7.24. The van der Waals surface area contributed by atoms with E-state index < -0.39 is 20.0 Å². The predicted octanol–water partition coefficient (Wildman–Crippen LogP) is 0.359. The van der Waals surface area contributed by atoms with E-state index in [2.05, 4.69) is 23.5 Å². The molecule has 26 heavy (non-hydrogen) atoms. The number of nitrogens with zero attached hydrogens (tertiary/aromatic N) is 1. The molecular weight excluding hydrogens is 378 g/mol. The second-order valence-electron chi connectivity index (χ2n) is 6.80. The lowest BCUT2D eigenvalue weighted by Gasteiger charge is -2.35. The highest BCUT2D eigenvalue weighted by atomic mass is 32.2. The van der Waals surface area contributed by atoms with E-state index in [-0.39, 0.29) is 22.4 Å². The molecule has 3 N–H and O–H groups in total. The fourth-order valence-electron chi connectivity index (χ4n) is 2.96. The van der Waals surface area contributed by atoms with Crippen LogP contribution in [0.15, 0.2) is 34.1 Å². The smallest absolute Gasteiger partial charge is 0.240 e. The normalized spacial score (nSPS) is 18.2. The highest BCUT2D eigenvalue weighted by Gasteiger charge is 2.25. The van der Waals surface area contributed by atoms with E-state index in [0.717, 1.165) is 25.6 Å². The summed E-state index contributed by atoms with van der Waals surface area (Å²) in [6, 6.07) is 5.11. The first-order valence-electron chi connectivity index (χ1n) is 8.54. The summed E-state index contributed by atoms with van der Waals surface area (Å²) in [4.78, 5) is 1.88. The minimum atomic E-state index is -3.96. The van der Waals surface area contributed by atoms with Crippen LogP contribution in [0.1, 0.15) is 20.3 Å². The van der Waals surface area contributed by atoms with E-state index in [1.807, 2.05) is 0 Å². The highest BCUT2D eigenvalue weighted by molar-refractivity contribution is 7.90. The number of primary sulfonamides is 1. The molecule has 1 saturated heterocycles. The first-order valence-corrected chi connectivity index (χ1v) is 11.6. The molecule has 0 radical (unpaired) electrons. The van der Waals surface area contributed by atoms with Crippen molar-refractivity contribution in [2.24, 2.45) is 11.1 Å². The van der Waals surface area contributed by atoms with E-state index in [9.17, 15) is 16.8 Å². The first kappa shape index (κ1) is 21.3. The van der Waals surface area contributed by atoms with Gasteiger partial charge in [-0.15, -0.1) is 0 Å². The lowest BCUT2D eigenvalue weighted by Crippen LogP contribution is -2.49. The Bertz CT molecular complexity index is 803. The minimum absolute atomic E-state index is 0.0510. The van der Waals surface area contributed by atoms with Gasteiger partial charge in [0.1, 0.15) is 0 Å². The van der Waals surface area contributed by atoms with Crippen LogP contribution in [0.3, 0.4) is 0 Å². The number of nitrogens with one attached hydrogen (secondary N) is 1. The van der Waals surface area contributed by atoms with Crippen molar-refractivity contribution in [1.29, 1.82) is 0 Å². The number of sulfonamides is 2. The summed E-state index contributed by atoms with van der Waals surface area (Å²) >= 11 is 0. The number of ether oxygens (including phenoxy) is 1. The summed E-state index contributed by atoms with van der Waals surface area (Å²) < 4.78 is 56.1. The van der Waals surface area contributed by atoms with Crippen LogP contribution in [0.4, 0.5) is 0 Å². The van der Waals surface area contributed by atoms with Gasteiger partial charge in [-0.2, -0.15) is 0 Å². The Morgan fingerprint density at radius 2 is 1.77 bits per heavy atom. The van der Waals surface area contributed by atoms with Gasteiger partial charge in [0, 0.05) is 25.7 Å². The van der Waals surface area contributed by atoms with Gasteiger partial charge in [-0.25, -0.2) is 26.7 Å². The van der Waals surface area contributed by atoms with Crippen LogP contribution < -0.4 is 9.86 Å². The summed E-state index contributed by atoms with van der Waals surface area (Å²) in [5.74, 6) is 0.415. The molecule has 1 aromatic rings. The van der Waals surface area contributed by atoms with Crippen molar-refractivity contribution in [3.05, 3.63) is 24.3 Å². The Morgan fingerprint density at radius 1 is 1.15 bits per heavy atom. The third-order valence-corrected chi connectivity index (χ3v) is 6.59. The third-order valence-electron chi connectivity index (χ3n) is 4.26. The molecule has 0 saturated carbocycles. The van der Waals surface area contributed by atoms with Crippen LogP contribution in [0.25, 0.3) is 0 Å². The van der Waals surface area contributed by atoms with Gasteiger partial charge in [0.15, 0.2) is 0 Å². The minimum Gasteiger partial charge on any atom is -0.379 e. The summed E-state index contributed by atoms with van der Waals surface area (Å²) in [7, 11) is -7.80. The van der Waals surface area contributed by atoms with Gasteiger partial charge in [0.25, 0.3) is 0 Å². The molecule has 10 heteroatoms. The molecule has 1 unspecified atom stereocenters. The number of morpholine rings is 1. The molecule has 0 amide bonds. The van der Waals surface area contributed by atoms with E-state index in [0.29, 0.717) is 19.1 Å². The molecule has 8 nitrogen and oxygen atoms in total. The van der Waals surface area contributed by atoms with Crippen molar-refractivity contribution in [2.75, 3.05) is 32.8 Å². The quantitative estimate of drug-likeness (QED) is 0.645. The van der Waals surface area contributed by atoms with Gasteiger partial charge in [-0.3, -0.25) is 4.90 Å². The Balaban J connectivity index is 2.14. The number of hydrogen-bond acceptors (Lipinski definition) is 6. The zero-order valence-corrected chi connectivity index (χ0v) is 16.7. The standard InChI is InChI=1S/C16H27N3O5S2/c1-13(2)10-14(19-6-8-24-9-7-19)12-18-26(22,23)16-5-3-4-15(11-16)25(17,20)21/h3-5,11,13-14,18H,6-10,12H2,1-2H3,(H2,17,20,21). The van der Waals surface area contributed by atoms with Crippen LogP contribution >= 0.6 is 0 Å². The van der Waals surface area contributed by atoms with Crippen molar-refractivity contribution in [3.8, 4) is 0 Å². The van der Waals surface area contributed by atoms with Crippen molar-refractivity contribution < 1.29 is 21.6 Å². The number of rotatable bonds is 8. The number of nitrogens with two attached hydrogens (primary N) is 1. The Morgan fingerprint density at radius 3 is 2.35 bits per heavy atom. The largest absolute Gasteiger partial charge is 0.379 e. The van der Waals surface area contributed by atoms with Crippen LogP contribution in [-0.2, 0) is 24.8 Å². The van der Waals surface area contributed by atoms with Crippen LogP contribution in [0.5, 0.6) is 0 Å². The van der Waals surface area contributed by atoms with Crippen molar-refractivity contribution >= 4 is 20.0 Å². The zero-order chi connectivity index (χ0) is 19.4. The highest BCUT2D eigenvalue weighted by Crippen LogP contribution is 2.17. The van der Waals surface area contributed by atoms with Crippen LogP contribution in [0, 0.1) is 5.92 Å². The van der Waals surface area contributed by atoms with Gasteiger partial charge in [-0.1, -0.05) is 19.9 Å². The Kier molecular flexibility index (Phi) is 7.17. The molecule has 0 aromatic heterocycles. The third kappa shape index (κ3) is 6.00. The molecule has 0 bridgehead atoms. The second-order valence-corrected chi connectivity index (χ2v) is 10.1. The van der Waals surface area contributed by atoms with Gasteiger partial charge < -0.3 is 4.74 Å². The summed E-state index contributed by atoms with van der Waals surface area (Å²) in [5.41, 5.74) is 0. The Hall–Kier alpha value is -1.04. The Labute approximate surface area is 155 Å². The van der Waals surface area contributed by atoms with E-state index >= 15 is 0 Å². The van der Waals surface area contributed by atoms with Crippen molar-refractivity contribution in [1.82, 2.24) is 9.62 Å². The first-order chi connectivity index (χ1) is 12.1. The van der Waals surface area contributed by atoms with Crippen LogP contribution in [-0.4, -0.2) is 60.6 Å². The van der Waals surface area contributed by atoms with E-state index in [4.69, 9.17) is 9.88 Å². The SMILES string of the molecule is CC(C)CC(CNS(=O)(=O)c1cccc(S(N)(=O)=O)c1)N1CCOCC1. The molecule has 1 aromatic carbocycles. The average molecular weight is 406 g/mol. The molecule has 0 spiro atoms. The monoisotopic (exact) mass is 405 g/mol. The van der Waals surface area contributed by atoms with Gasteiger partial charge in [-0.05, 0) is 30.5 Å². The van der Waals surface area contributed by atoms with Gasteiger partial charge in [0.05, 0.1) is 23.0 Å². The van der Waals surface area contributed by atoms with Crippen molar-refractivity contribution in [2.45, 2.75) is 36.1 Å². The van der Waals surface area contributed by atoms with Gasteiger partial charge >= 0.3 is 0 Å². The topological polar surface area (TPSA) is 119 Å². The lowest BCUT2D eigenvalue weighted by atomic mass is 10.0. The lowest BCUT2D eigenvalue weighted by molar-refractivity contribution is 0.0134. The van der Waals surface area contributed by atoms with E-state index in [1.54, 1.807) is 0 Å². The average Bonchev–Trinajstić information content (AvgIpc) is 2.58. The van der Waals surface area contributed by atoms with Crippen LogP contribution in [0.2, 0.25) is 0 Å². The zero-order valence-electron chi connectivity index (χ0n) is 15.1. The maximum atomic E-state index is 12.6. The van der Waals surface area contributed by atoms with E-state index in [1.165, 1.54) is 18.2 Å². The fourth-order valence-corrected chi connectivity index (χ4v) is 4.71. The number of benzene rings is 1. The summed E-state index contributed by atoms with van der Waals surface area (Å²) in [5, 5.41) is 5.08.